The van der Waals surface area contributed by atoms with E-state index in [9.17, 15) is 0 Å². The molecule has 0 aliphatic heterocycles. The first-order valence-electron chi connectivity index (χ1n) is 15.5. The van der Waals surface area contributed by atoms with E-state index in [0.29, 0.717) is 5.92 Å². The summed E-state index contributed by atoms with van der Waals surface area (Å²) in [5.74, 6) is 0.474. The molecule has 0 nitrogen and oxygen atoms in total. The molecule has 0 amide bonds. The zero-order chi connectivity index (χ0) is 28.2. The Bertz CT molecular complexity index is 1220. The maximum atomic E-state index is 2.58. The monoisotopic (exact) mass is 686 g/mol. The fourth-order valence-electron chi connectivity index (χ4n) is 6.41. The van der Waals surface area contributed by atoms with Crippen LogP contribution in [0.25, 0.3) is 0 Å². The van der Waals surface area contributed by atoms with Crippen molar-refractivity contribution >= 4 is 28.8 Å². The van der Waals surface area contributed by atoms with Crippen LogP contribution in [0.1, 0.15) is 100 Å². The van der Waals surface area contributed by atoms with E-state index in [1.54, 1.807) is 20.7 Å². The third kappa shape index (κ3) is 8.55. The third-order valence-corrected chi connectivity index (χ3v) is 13.5. The Morgan fingerprint density at radius 1 is 0.512 bits per heavy atom. The van der Waals surface area contributed by atoms with Crippen LogP contribution in [0.5, 0.6) is 0 Å². The molecule has 0 fully saturated rings. The van der Waals surface area contributed by atoms with E-state index in [1.807, 2.05) is 0 Å². The summed E-state index contributed by atoms with van der Waals surface area (Å²) in [6, 6.07) is 30.0. The van der Waals surface area contributed by atoms with E-state index in [-0.39, 0.29) is 58.9 Å². The van der Waals surface area contributed by atoms with Crippen LogP contribution in [0.3, 0.4) is 0 Å². The molecule has 0 spiro atoms. The van der Waals surface area contributed by atoms with Gasteiger partial charge in [0.2, 0.25) is 0 Å². The van der Waals surface area contributed by atoms with Crippen molar-refractivity contribution in [1.82, 2.24) is 0 Å². The summed E-state index contributed by atoms with van der Waals surface area (Å²) in [4.78, 5) is 0. The van der Waals surface area contributed by atoms with Crippen LogP contribution in [-0.4, -0.2) is 8.07 Å². The van der Waals surface area contributed by atoms with Gasteiger partial charge in [0.05, 0.1) is 0 Å². The number of aryl methyl sites for hydroxylation is 6. The second-order valence-corrected chi connectivity index (χ2v) is 15.3. The minimum atomic E-state index is -2.64. The Morgan fingerprint density at radius 3 is 1.02 bits per heavy atom. The smallest absolute Gasteiger partial charge is 1.00 e. The summed E-state index contributed by atoms with van der Waals surface area (Å²) < 4.78 is 0. The van der Waals surface area contributed by atoms with Crippen molar-refractivity contribution in [1.29, 1.82) is 0 Å². The molecule has 0 aromatic heterocycles. The molecule has 43 heavy (non-hydrogen) atoms. The Kier molecular flexibility index (Phi) is 18.2. The number of benzene rings is 3. The summed E-state index contributed by atoms with van der Waals surface area (Å²) in [6.07, 6.45) is 6.38. The Hall–Kier alpha value is -1.19. The van der Waals surface area contributed by atoms with E-state index in [1.165, 1.54) is 38.9 Å². The van der Waals surface area contributed by atoms with Crippen LogP contribution >= 0.6 is 0 Å². The standard InChI is InChI=1S/C38H49Si.3ClH.Ti/c1-9-28-18-29(10-2)22-34(21-28)39(38-17-15-16-37(38)27(7)8,35-23-30(11-3)19-31(12-4)24-35)36-25-32(13-5)20-33(14-6)26-36;;;;/h15-27H,9-14H2,1-8H3;3*1H;/q-1;;;;+4/p-3. The Morgan fingerprint density at radius 2 is 0.791 bits per heavy atom. The number of halogens is 3. The van der Waals surface area contributed by atoms with Gasteiger partial charge in [-0.25, -0.2) is 12.1 Å². The van der Waals surface area contributed by atoms with Gasteiger partial charge in [-0.2, -0.15) is 11.6 Å². The Balaban J connectivity index is 0.00000441. The molecular weight excluding hydrogens is 639 g/mol. The molecule has 0 heterocycles. The molecule has 0 atom stereocenters. The first-order chi connectivity index (χ1) is 18.8. The average molecular weight is 688 g/mol. The van der Waals surface area contributed by atoms with Crippen molar-refractivity contribution in [2.24, 2.45) is 0 Å². The SMILES string of the molecule is CCc1cc(CC)cc([Si](c2cc(CC)cc(CC)c2)(c2cc(CC)cc(CC)c2)[c-]2cccc2C(C)C)c1.[Cl-].[Cl-].[Cl-].[Ti+4]. The third-order valence-electron chi connectivity index (χ3n) is 8.78. The molecule has 0 unspecified atom stereocenters. The van der Waals surface area contributed by atoms with Gasteiger partial charge in [0, 0.05) is 0 Å². The second-order valence-electron chi connectivity index (χ2n) is 11.5. The van der Waals surface area contributed by atoms with Gasteiger partial charge in [-0.1, -0.05) is 126 Å². The van der Waals surface area contributed by atoms with Crippen molar-refractivity contribution in [2.75, 3.05) is 0 Å². The van der Waals surface area contributed by atoms with Gasteiger partial charge >= 0.3 is 21.7 Å². The van der Waals surface area contributed by atoms with E-state index in [2.05, 4.69) is 128 Å². The summed E-state index contributed by atoms with van der Waals surface area (Å²) in [5, 5.41) is 6.24. The van der Waals surface area contributed by atoms with Gasteiger partial charge in [0.25, 0.3) is 0 Å². The molecule has 4 aromatic carbocycles. The van der Waals surface area contributed by atoms with E-state index < -0.39 is 8.07 Å². The molecule has 0 N–H and O–H groups in total. The van der Waals surface area contributed by atoms with Crippen LogP contribution in [0.4, 0.5) is 0 Å². The fraction of sp³-hybridized carbons (Fsp3) is 0.395. The number of hydrogen-bond donors (Lipinski definition) is 0. The van der Waals surface area contributed by atoms with E-state index in [0.717, 1.165) is 38.5 Å². The summed E-state index contributed by atoms with van der Waals surface area (Å²) in [6.45, 7) is 18.6. The number of hydrogen-bond acceptors (Lipinski definition) is 0. The predicted molar refractivity (Wildman–Crippen MR) is 176 cm³/mol. The van der Waals surface area contributed by atoms with Crippen LogP contribution in [0, 0.1) is 0 Å². The molecule has 5 heteroatoms. The quantitative estimate of drug-likeness (QED) is 0.100. The Labute approximate surface area is 297 Å². The first-order valence-corrected chi connectivity index (χ1v) is 17.5. The molecule has 230 valence electrons. The minimum Gasteiger partial charge on any atom is -1.00 e. The van der Waals surface area contributed by atoms with Gasteiger partial charge in [0.15, 0.2) is 0 Å². The zero-order valence-corrected chi connectivity index (χ0v) is 32.2. The molecule has 4 aromatic rings. The van der Waals surface area contributed by atoms with E-state index >= 15 is 0 Å². The molecule has 0 saturated carbocycles. The normalized spacial score (nSPS) is 10.8. The van der Waals surface area contributed by atoms with Crippen molar-refractivity contribution in [3.8, 4) is 0 Å². The van der Waals surface area contributed by atoms with Gasteiger partial charge in [-0.15, -0.1) is 5.19 Å². The maximum absolute atomic E-state index is 2.64. The summed E-state index contributed by atoms with van der Waals surface area (Å²) >= 11 is 0. The van der Waals surface area contributed by atoms with Crippen molar-refractivity contribution in [3.63, 3.8) is 0 Å². The average Bonchev–Trinajstić information content (AvgIpc) is 3.47. The van der Waals surface area contributed by atoms with E-state index in [4.69, 9.17) is 0 Å². The topological polar surface area (TPSA) is 0 Å². The van der Waals surface area contributed by atoms with Gasteiger partial charge in [-0.05, 0) is 77.8 Å². The van der Waals surface area contributed by atoms with Crippen molar-refractivity contribution < 1.29 is 58.9 Å². The molecule has 0 aliphatic carbocycles. The molecular formula is C38H49Cl3SiTi. The van der Waals surface area contributed by atoms with Crippen molar-refractivity contribution in [3.05, 3.63) is 112 Å². The van der Waals surface area contributed by atoms with Crippen LogP contribution in [0.15, 0.2) is 72.8 Å². The largest absolute Gasteiger partial charge is 4.00 e. The fourth-order valence-corrected chi connectivity index (χ4v) is 11.9. The predicted octanol–water partition coefficient (Wildman–Crippen LogP) is -1.71. The molecule has 0 bridgehead atoms. The first kappa shape index (κ1) is 41.8. The molecule has 0 saturated heterocycles. The summed E-state index contributed by atoms with van der Waals surface area (Å²) in [7, 11) is -2.64. The summed E-state index contributed by atoms with van der Waals surface area (Å²) in [5.41, 5.74) is 10.3. The molecule has 4 rings (SSSR count). The minimum absolute atomic E-state index is 0. The molecule has 0 radical (unpaired) electrons. The van der Waals surface area contributed by atoms with Crippen LogP contribution in [0.2, 0.25) is 0 Å². The van der Waals surface area contributed by atoms with Gasteiger partial charge in [-0.3, -0.25) is 0 Å². The number of rotatable bonds is 11. The van der Waals surface area contributed by atoms with Gasteiger partial charge < -0.3 is 37.2 Å². The van der Waals surface area contributed by atoms with Crippen molar-refractivity contribution in [2.45, 2.75) is 99.8 Å². The van der Waals surface area contributed by atoms with Crippen LogP contribution < -0.4 is 58.0 Å². The maximum Gasteiger partial charge on any atom is 4.00 e. The van der Waals surface area contributed by atoms with Crippen LogP contribution in [-0.2, 0) is 60.2 Å². The molecule has 0 aliphatic rings. The van der Waals surface area contributed by atoms with Gasteiger partial charge in [0.1, 0.15) is 8.07 Å². The zero-order valence-electron chi connectivity index (χ0n) is 27.4. The second kappa shape index (κ2) is 18.7.